The number of aromatic nitrogens is 3. The molecule has 0 unspecified atom stereocenters. The summed E-state index contributed by atoms with van der Waals surface area (Å²) >= 11 is 6.01. The van der Waals surface area contributed by atoms with E-state index in [0.717, 1.165) is 5.56 Å². The number of anilines is 1. The standard InChI is InChI=1S/C22H18ClN5O5/c1-14-2-4-15(5-3-14)11-27-13-24-22(26-27)25-21(29)19-9-7-17(33-19)12-32-20-10-16(28(30)31)6-8-18(20)23/h2-10,13H,11-12H2,1H3,(H,25,26,29). The minimum atomic E-state index is -0.547. The van der Waals surface area contributed by atoms with Crippen LogP contribution in [-0.4, -0.2) is 25.6 Å². The first-order valence-corrected chi connectivity index (χ1v) is 10.2. The monoisotopic (exact) mass is 467 g/mol. The van der Waals surface area contributed by atoms with Gasteiger partial charge in [-0.3, -0.25) is 20.2 Å². The van der Waals surface area contributed by atoms with Crippen LogP contribution < -0.4 is 10.1 Å². The number of furan rings is 1. The lowest BCUT2D eigenvalue weighted by molar-refractivity contribution is -0.384. The SMILES string of the molecule is Cc1ccc(Cn2cnc(NC(=O)c3ccc(COc4cc([N+](=O)[O-])ccc4Cl)o3)n2)cc1. The fraction of sp³-hybridized carbons (Fsp3) is 0.136. The van der Waals surface area contributed by atoms with Gasteiger partial charge < -0.3 is 9.15 Å². The highest BCUT2D eigenvalue weighted by Crippen LogP contribution is 2.29. The number of rotatable bonds is 8. The second-order valence-electron chi connectivity index (χ2n) is 7.13. The fourth-order valence-electron chi connectivity index (χ4n) is 2.91. The molecule has 2 aromatic heterocycles. The van der Waals surface area contributed by atoms with Crippen molar-refractivity contribution < 1.29 is 18.9 Å². The molecule has 33 heavy (non-hydrogen) atoms. The maximum Gasteiger partial charge on any atom is 0.293 e. The van der Waals surface area contributed by atoms with Crippen LogP contribution in [0.15, 0.2) is 65.3 Å². The Balaban J connectivity index is 1.35. The second-order valence-corrected chi connectivity index (χ2v) is 7.54. The quantitative estimate of drug-likeness (QED) is 0.296. The van der Waals surface area contributed by atoms with Crippen LogP contribution >= 0.6 is 11.6 Å². The van der Waals surface area contributed by atoms with Crippen LogP contribution in [0.3, 0.4) is 0 Å². The number of non-ortho nitro benzene ring substituents is 1. The first-order chi connectivity index (χ1) is 15.9. The number of amides is 1. The molecule has 11 heteroatoms. The van der Waals surface area contributed by atoms with E-state index in [2.05, 4.69) is 15.4 Å². The van der Waals surface area contributed by atoms with Crippen molar-refractivity contribution in [1.82, 2.24) is 14.8 Å². The number of hydrogen-bond acceptors (Lipinski definition) is 7. The van der Waals surface area contributed by atoms with Crippen LogP contribution in [0.1, 0.15) is 27.4 Å². The molecule has 10 nitrogen and oxygen atoms in total. The molecule has 0 aliphatic heterocycles. The van der Waals surface area contributed by atoms with Crippen molar-refractivity contribution in [2.45, 2.75) is 20.1 Å². The Kier molecular flexibility index (Phi) is 6.36. The third kappa shape index (κ3) is 5.55. The Morgan fingerprint density at radius 2 is 2.00 bits per heavy atom. The van der Waals surface area contributed by atoms with E-state index in [1.807, 2.05) is 31.2 Å². The number of benzene rings is 2. The van der Waals surface area contributed by atoms with Gasteiger partial charge in [-0.1, -0.05) is 41.4 Å². The molecule has 0 aliphatic carbocycles. The molecule has 0 saturated heterocycles. The van der Waals surface area contributed by atoms with Gasteiger partial charge in [0.05, 0.1) is 22.6 Å². The summed E-state index contributed by atoms with van der Waals surface area (Å²) in [5.41, 5.74) is 2.08. The van der Waals surface area contributed by atoms with Gasteiger partial charge in [-0.2, -0.15) is 0 Å². The number of nitrogens with zero attached hydrogens (tertiary/aromatic N) is 4. The number of nitrogens with one attached hydrogen (secondary N) is 1. The van der Waals surface area contributed by atoms with Crippen molar-refractivity contribution >= 4 is 29.1 Å². The number of ether oxygens (including phenoxy) is 1. The topological polar surface area (TPSA) is 125 Å². The molecule has 0 fully saturated rings. The Labute approximate surface area is 192 Å². The molecule has 0 radical (unpaired) electrons. The zero-order valence-electron chi connectivity index (χ0n) is 17.4. The normalized spacial score (nSPS) is 10.7. The Hall–Kier alpha value is -4.18. The van der Waals surface area contributed by atoms with Gasteiger partial charge in [0, 0.05) is 6.07 Å². The molecular formula is C22H18ClN5O5. The highest BCUT2D eigenvalue weighted by molar-refractivity contribution is 6.32. The molecule has 0 spiro atoms. The molecule has 1 N–H and O–H groups in total. The van der Waals surface area contributed by atoms with E-state index in [1.165, 1.54) is 36.2 Å². The first kappa shape index (κ1) is 22.0. The van der Waals surface area contributed by atoms with Crippen molar-refractivity contribution in [1.29, 1.82) is 0 Å². The van der Waals surface area contributed by atoms with Gasteiger partial charge >= 0.3 is 0 Å². The highest BCUT2D eigenvalue weighted by atomic mass is 35.5. The third-order valence-electron chi connectivity index (χ3n) is 4.61. The smallest absolute Gasteiger partial charge is 0.293 e. The largest absolute Gasteiger partial charge is 0.484 e. The fourth-order valence-corrected chi connectivity index (χ4v) is 3.09. The van der Waals surface area contributed by atoms with Crippen molar-refractivity contribution in [3.63, 3.8) is 0 Å². The summed E-state index contributed by atoms with van der Waals surface area (Å²) in [5.74, 6) is 0.123. The lowest BCUT2D eigenvalue weighted by Gasteiger charge is -2.06. The summed E-state index contributed by atoms with van der Waals surface area (Å²) in [4.78, 5) is 26.9. The maximum absolute atomic E-state index is 12.4. The van der Waals surface area contributed by atoms with Gasteiger partial charge in [-0.05, 0) is 30.7 Å². The zero-order valence-corrected chi connectivity index (χ0v) is 18.2. The molecule has 0 atom stereocenters. The number of aryl methyl sites for hydroxylation is 1. The van der Waals surface area contributed by atoms with Gasteiger partial charge in [-0.25, -0.2) is 9.67 Å². The van der Waals surface area contributed by atoms with Crippen molar-refractivity contribution in [3.05, 3.63) is 98.7 Å². The van der Waals surface area contributed by atoms with Crippen molar-refractivity contribution in [2.75, 3.05) is 5.32 Å². The van der Waals surface area contributed by atoms with Crippen LogP contribution in [0.4, 0.5) is 11.6 Å². The number of carbonyl (C=O) groups excluding carboxylic acids is 1. The van der Waals surface area contributed by atoms with Gasteiger partial charge in [-0.15, -0.1) is 5.10 Å². The number of nitro benzene ring substituents is 1. The Morgan fingerprint density at radius 3 is 2.76 bits per heavy atom. The van der Waals surface area contributed by atoms with E-state index in [-0.39, 0.29) is 34.8 Å². The van der Waals surface area contributed by atoms with Crippen LogP contribution in [0.25, 0.3) is 0 Å². The molecule has 168 valence electrons. The van der Waals surface area contributed by atoms with Crippen LogP contribution in [0, 0.1) is 17.0 Å². The summed E-state index contributed by atoms with van der Waals surface area (Å²) in [6, 6.07) is 14.9. The maximum atomic E-state index is 12.4. The van der Waals surface area contributed by atoms with Crippen molar-refractivity contribution in [2.24, 2.45) is 0 Å². The van der Waals surface area contributed by atoms with E-state index in [4.69, 9.17) is 20.8 Å². The number of hydrogen-bond donors (Lipinski definition) is 1. The van der Waals surface area contributed by atoms with Gasteiger partial charge in [0.2, 0.25) is 5.95 Å². The summed E-state index contributed by atoms with van der Waals surface area (Å²) < 4.78 is 12.6. The van der Waals surface area contributed by atoms with Crippen LogP contribution in [0.5, 0.6) is 5.75 Å². The molecular weight excluding hydrogens is 450 g/mol. The second kappa shape index (κ2) is 9.53. The molecule has 2 aromatic carbocycles. The minimum absolute atomic E-state index is 0.0358. The Bertz CT molecular complexity index is 1300. The number of carbonyl (C=O) groups is 1. The summed E-state index contributed by atoms with van der Waals surface area (Å²) in [5, 5.41) is 17.9. The zero-order chi connectivity index (χ0) is 23.4. The van der Waals surface area contributed by atoms with E-state index >= 15 is 0 Å². The van der Waals surface area contributed by atoms with E-state index in [9.17, 15) is 14.9 Å². The molecule has 4 aromatic rings. The molecule has 0 aliphatic rings. The molecule has 0 bridgehead atoms. The predicted molar refractivity (Wildman–Crippen MR) is 119 cm³/mol. The lowest BCUT2D eigenvalue weighted by Crippen LogP contribution is -2.12. The predicted octanol–water partition coefficient (Wildman–Crippen LogP) is 4.62. The molecule has 0 saturated carbocycles. The minimum Gasteiger partial charge on any atom is -0.484 e. The summed E-state index contributed by atoms with van der Waals surface area (Å²) in [6.07, 6.45) is 1.53. The summed E-state index contributed by atoms with van der Waals surface area (Å²) in [7, 11) is 0. The number of halogens is 1. The van der Waals surface area contributed by atoms with E-state index < -0.39 is 10.8 Å². The average molecular weight is 468 g/mol. The van der Waals surface area contributed by atoms with E-state index in [1.54, 1.807) is 10.7 Å². The Morgan fingerprint density at radius 1 is 1.21 bits per heavy atom. The average Bonchev–Trinajstić information content (AvgIpc) is 3.44. The third-order valence-corrected chi connectivity index (χ3v) is 4.92. The van der Waals surface area contributed by atoms with Gasteiger partial charge in [0.15, 0.2) is 5.76 Å². The van der Waals surface area contributed by atoms with Gasteiger partial charge in [0.1, 0.15) is 24.4 Å². The van der Waals surface area contributed by atoms with E-state index in [0.29, 0.717) is 12.3 Å². The van der Waals surface area contributed by atoms with Crippen molar-refractivity contribution in [3.8, 4) is 5.75 Å². The first-order valence-electron chi connectivity index (χ1n) is 9.79. The molecule has 4 rings (SSSR count). The van der Waals surface area contributed by atoms with Crippen LogP contribution in [0.2, 0.25) is 5.02 Å². The lowest BCUT2D eigenvalue weighted by atomic mass is 10.1. The molecule has 1 amide bonds. The number of nitro groups is 1. The summed E-state index contributed by atoms with van der Waals surface area (Å²) in [6.45, 7) is 2.46. The molecule has 2 heterocycles. The van der Waals surface area contributed by atoms with Gasteiger partial charge in [0.25, 0.3) is 11.6 Å². The van der Waals surface area contributed by atoms with Crippen LogP contribution in [-0.2, 0) is 13.2 Å². The highest BCUT2D eigenvalue weighted by Gasteiger charge is 2.15.